The third kappa shape index (κ3) is 2.82. The largest absolute Gasteiger partial charge is 0.398 e. The third-order valence-corrected chi connectivity index (χ3v) is 2.69. The molecule has 0 bridgehead atoms. The highest BCUT2D eigenvalue weighted by atomic mass is 35.5. The van der Waals surface area contributed by atoms with E-state index in [4.69, 9.17) is 17.3 Å². The number of nitrogens with one attached hydrogen (secondary N) is 1. The molecular weight excluding hydrogens is 274 g/mol. The van der Waals surface area contributed by atoms with Gasteiger partial charge in [-0.15, -0.1) is 0 Å². The summed E-state index contributed by atoms with van der Waals surface area (Å²) < 4.78 is 26.8. The number of hydrogen-bond donors (Lipinski definition) is 2. The average Bonchev–Trinajstić information content (AvgIpc) is 2.33. The summed E-state index contributed by atoms with van der Waals surface area (Å²) in [7, 11) is 0. The van der Waals surface area contributed by atoms with Crippen LogP contribution in [0.5, 0.6) is 0 Å². The van der Waals surface area contributed by atoms with Crippen LogP contribution >= 0.6 is 11.6 Å². The van der Waals surface area contributed by atoms with Crippen LogP contribution in [-0.2, 0) is 0 Å². The molecule has 0 aromatic heterocycles. The predicted molar refractivity (Wildman–Crippen MR) is 70.2 cm³/mol. The molecule has 0 aliphatic heterocycles. The molecule has 0 spiro atoms. The van der Waals surface area contributed by atoms with E-state index in [2.05, 4.69) is 5.32 Å². The van der Waals surface area contributed by atoms with Crippen LogP contribution in [0.25, 0.3) is 0 Å². The number of nitrogen functional groups attached to an aromatic ring is 1. The Hall–Kier alpha value is -2.14. The van der Waals surface area contributed by atoms with Crippen LogP contribution in [0, 0.1) is 11.6 Å². The number of carbonyl (C=O) groups is 1. The maximum atomic E-state index is 13.4. The molecule has 0 aliphatic carbocycles. The number of rotatable bonds is 2. The summed E-state index contributed by atoms with van der Waals surface area (Å²) in [6.45, 7) is 0. The van der Waals surface area contributed by atoms with E-state index in [0.29, 0.717) is 5.02 Å². The zero-order chi connectivity index (χ0) is 14.0. The number of para-hydroxylation sites is 1. The molecule has 0 unspecified atom stereocenters. The number of benzene rings is 2. The maximum absolute atomic E-state index is 13.4. The minimum atomic E-state index is -0.860. The second-order valence-corrected chi connectivity index (χ2v) is 4.22. The van der Waals surface area contributed by atoms with Gasteiger partial charge in [0.2, 0.25) is 0 Å². The van der Waals surface area contributed by atoms with E-state index in [1.54, 1.807) is 0 Å². The lowest BCUT2D eigenvalue weighted by Crippen LogP contribution is -2.16. The summed E-state index contributed by atoms with van der Waals surface area (Å²) in [6.07, 6.45) is 0. The lowest BCUT2D eigenvalue weighted by molar-refractivity contribution is 0.102. The first-order valence-electron chi connectivity index (χ1n) is 5.29. The first kappa shape index (κ1) is 13.3. The van der Waals surface area contributed by atoms with Crippen molar-refractivity contribution < 1.29 is 13.6 Å². The molecule has 1 amide bonds. The molecule has 0 heterocycles. The van der Waals surface area contributed by atoms with E-state index in [-0.39, 0.29) is 11.3 Å². The predicted octanol–water partition coefficient (Wildman–Crippen LogP) is 3.45. The highest BCUT2D eigenvalue weighted by molar-refractivity contribution is 6.31. The molecule has 6 heteroatoms. The zero-order valence-corrected chi connectivity index (χ0v) is 10.3. The highest BCUT2D eigenvalue weighted by Gasteiger charge is 2.15. The Labute approximate surface area is 113 Å². The first-order valence-corrected chi connectivity index (χ1v) is 5.67. The van der Waals surface area contributed by atoms with Crippen LogP contribution in [0.1, 0.15) is 10.4 Å². The second-order valence-electron chi connectivity index (χ2n) is 3.78. The molecule has 98 valence electrons. The summed E-state index contributed by atoms with van der Waals surface area (Å²) in [5.74, 6) is -2.43. The van der Waals surface area contributed by atoms with E-state index >= 15 is 0 Å². The molecule has 2 rings (SSSR count). The van der Waals surface area contributed by atoms with Crippen molar-refractivity contribution in [3.63, 3.8) is 0 Å². The molecule has 3 nitrogen and oxygen atoms in total. The summed E-state index contributed by atoms with van der Waals surface area (Å²) >= 11 is 5.70. The normalized spacial score (nSPS) is 10.3. The van der Waals surface area contributed by atoms with Crippen LogP contribution in [0.15, 0.2) is 36.4 Å². The van der Waals surface area contributed by atoms with Crippen molar-refractivity contribution >= 4 is 28.9 Å². The van der Waals surface area contributed by atoms with Gasteiger partial charge in [0.15, 0.2) is 0 Å². The molecular formula is C13H9ClF2N2O. The molecule has 2 aromatic rings. The van der Waals surface area contributed by atoms with Gasteiger partial charge >= 0.3 is 0 Å². The number of hydrogen-bond acceptors (Lipinski definition) is 2. The standard InChI is InChI=1S/C13H9ClF2N2O/c14-7-4-5-8(11(17)6-7)13(19)18-12-9(15)2-1-3-10(12)16/h1-6H,17H2,(H,18,19). The Morgan fingerprint density at radius 2 is 1.79 bits per heavy atom. The van der Waals surface area contributed by atoms with Crippen LogP contribution in [-0.4, -0.2) is 5.91 Å². The molecule has 0 aliphatic rings. The van der Waals surface area contributed by atoms with Gasteiger partial charge < -0.3 is 11.1 Å². The average molecular weight is 283 g/mol. The number of anilines is 2. The van der Waals surface area contributed by atoms with Gasteiger partial charge in [0.05, 0.1) is 5.56 Å². The topological polar surface area (TPSA) is 55.1 Å². The molecule has 0 saturated heterocycles. The second kappa shape index (κ2) is 5.24. The van der Waals surface area contributed by atoms with E-state index in [0.717, 1.165) is 12.1 Å². The van der Waals surface area contributed by atoms with E-state index < -0.39 is 23.2 Å². The van der Waals surface area contributed by atoms with Gasteiger partial charge in [0.25, 0.3) is 5.91 Å². The van der Waals surface area contributed by atoms with Crippen molar-refractivity contribution in [3.8, 4) is 0 Å². The molecule has 2 aromatic carbocycles. The fourth-order valence-electron chi connectivity index (χ4n) is 1.54. The lowest BCUT2D eigenvalue weighted by atomic mass is 10.1. The van der Waals surface area contributed by atoms with Crippen molar-refractivity contribution in [2.45, 2.75) is 0 Å². The first-order chi connectivity index (χ1) is 8.99. The molecule has 0 radical (unpaired) electrons. The Morgan fingerprint density at radius 1 is 1.16 bits per heavy atom. The Kier molecular flexibility index (Phi) is 3.66. The lowest BCUT2D eigenvalue weighted by Gasteiger charge is -2.09. The van der Waals surface area contributed by atoms with E-state index in [1.807, 2.05) is 0 Å². The van der Waals surface area contributed by atoms with Crippen molar-refractivity contribution in [1.29, 1.82) is 0 Å². The minimum absolute atomic E-state index is 0.0899. The smallest absolute Gasteiger partial charge is 0.257 e. The number of halogens is 3. The van der Waals surface area contributed by atoms with E-state index in [1.165, 1.54) is 24.3 Å². The van der Waals surface area contributed by atoms with Crippen LogP contribution in [0.4, 0.5) is 20.2 Å². The summed E-state index contributed by atoms with van der Waals surface area (Å²) in [6, 6.07) is 7.52. The molecule has 3 N–H and O–H groups in total. The minimum Gasteiger partial charge on any atom is -0.398 e. The zero-order valence-electron chi connectivity index (χ0n) is 9.58. The van der Waals surface area contributed by atoms with Gasteiger partial charge in [-0.2, -0.15) is 0 Å². The van der Waals surface area contributed by atoms with Crippen LogP contribution in [0.2, 0.25) is 5.02 Å². The Morgan fingerprint density at radius 3 is 2.37 bits per heavy atom. The number of amides is 1. The SMILES string of the molecule is Nc1cc(Cl)ccc1C(=O)Nc1c(F)cccc1F. The molecule has 0 fully saturated rings. The van der Waals surface area contributed by atoms with Gasteiger partial charge in [-0.3, -0.25) is 4.79 Å². The fourth-order valence-corrected chi connectivity index (χ4v) is 1.72. The highest BCUT2D eigenvalue weighted by Crippen LogP contribution is 2.22. The van der Waals surface area contributed by atoms with Crippen molar-refractivity contribution in [2.24, 2.45) is 0 Å². The van der Waals surface area contributed by atoms with E-state index in [9.17, 15) is 13.6 Å². The summed E-state index contributed by atoms with van der Waals surface area (Å²) in [5.41, 5.74) is 5.32. The fraction of sp³-hybridized carbons (Fsp3) is 0. The van der Waals surface area contributed by atoms with Gasteiger partial charge in [0, 0.05) is 10.7 Å². The summed E-state index contributed by atoms with van der Waals surface area (Å²) in [4.78, 5) is 11.9. The quantitative estimate of drug-likeness (QED) is 0.829. The van der Waals surface area contributed by atoms with Gasteiger partial charge in [0.1, 0.15) is 17.3 Å². The van der Waals surface area contributed by atoms with Crippen LogP contribution < -0.4 is 11.1 Å². The Balaban J connectivity index is 2.31. The maximum Gasteiger partial charge on any atom is 0.257 e. The van der Waals surface area contributed by atoms with Gasteiger partial charge in [-0.25, -0.2) is 8.78 Å². The van der Waals surface area contributed by atoms with Crippen molar-refractivity contribution in [1.82, 2.24) is 0 Å². The van der Waals surface area contributed by atoms with Crippen LogP contribution in [0.3, 0.4) is 0 Å². The monoisotopic (exact) mass is 282 g/mol. The summed E-state index contributed by atoms with van der Waals surface area (Å²) in [5, 5.41) is 2.51. The number of nitrogens with two attached hydrogens (primary N) is 1. The van der Waals surface area contributed by atoms with Crippen molar-refractivity contribution in [3.05, 3.63) is 58.6 Å². The van der Waals surface area contributed by atoms with Gasteiger partial charge in [-0.05, 0) is 30.3 Å². The van der Waals surface area contributed by atoms with Crippen molar-refractivity contribution in [2.75, 3.05) is 11.1 Å². The Bertz CT molecular complexity index is 626. The molecule has 19 heavy (non-hydrogen) atoms. The third-order valence-electron chi connectivity index (χ3n) is 2.46. The van der Waals surface area contributed by atoms with Gasteiger partial charge in [-0.1, -0.05) is 17.7 Å². The molecule has 0 saturated carbocycles. The number of carbonyl (C=O) groups excluding carboxylic acids is 1. The molecule has 0 atom stereocenters.